The van der Waals surface area contributed by atoms with E-state index in [1.54, 1.807) is 11.1 Å². The maximum Gasteiger partial charge on any atom is 0.251 e. The molecule has 1 aromatic carbocycles. The number of rotatable bonds is 6. The molecule has 1 N–H and O–H groups in total. The molecule has 0 bridgehead atoms. The van der Waals surface area contributed by atoms with Crippen LogP contribution in [-0.2, 0) is 0 Å². The van der Waals surface area contributed by atoms with E-state index in [9.17, 15) is 4.79 Å². The molecular formula is C13H18BrN3O. The monoisotopic (exact) mass is 311 g/mol. The van der Waals surface area contributed by atoms with Gasteiger partial charge < -0.3 is 10.3 Å². The SMILES string of the molecule is CN(C)/N=C/CCCNC(=O)c1cccc(Br)c1. The Labute approximate surface area is 116 Å². The van der Waals surface area contributed by atoms with Crippen molar-refractivity contribution < 1.29 is 4.79 Å². The van der Waals surface area contributed by atoms with Crippen molar-refractivity contribution in [1.29, 1.82) is 0 Å². The molecule has 0 saturated heterocycles. The molecule has 0 unspecified atom stereocenters. The lowest BCUT2D eigenvalue weighted by molar-refractivity contribution is 0.0953. The molecule has 0 atom stereocenters. The van der Waals surface area contributed by atoms with Gasteiger partial charge >= 0.3 is 0 Å². The molecule has 0 heterocycles. The van der Waals surface area contributed by atoms with Gasteiger partial charge in [0.15, 0.2) is 0 Å². The van der Waals surface area contributed by atoms with Gasteiger partial charge in [-0.1, -0.05) is 22.0 Å². The number of unbranched alkanes of at least 4 members (excludes halogenated alkanes) is 1. The molecular weight excluding hydrogens is 294 g/mol. The molecule has 5 heteroatoms. The highest BCUT2D eigenvalue weighted by Gasteiger charge is 2.03. The summed E-state index contributed by atoms with van der Waals surface area (Å²) in [7, 11) is 3.76. The first-order chi connectivity index (χ1) is 8.59. The van der Waals surface area contributed by atoms with Gasteiger partial charge in [-0.15, -0.1) is 0 Å². The number of benzene rings is 1. The third-order valence-corrected chi connectivity index (χ3v) is 2.69. The standard InChI is InChI=1S/C13H18BrN3O/c1-17(2)16-9-4-3-8-15-13(18)11-6-5-7-12(14)10-11/h5-7,9-10H,3-4,8H2,1-2H3,(H,15,18)/b16-9+. The van der Waals surface area contributed by atoms with Crippen molar-refractivity contribution >= 4 is 28.1 Å². The van der Waals surface area contributed by atoms with Crippen LogP contribution >= 0.6 is 15.9 Å². The smallest absolute Gasteiger partial charge is 0.251 e. The van der Waals surface area contributed by atoms with Crippen molar-refractivity contribution in [3.63, 3.8) is 0 Å². The van der Waals surface area contributed by atoms with Gasteiger partial charge in [0.1, 0.15) is 0 Å². The zero-order valence-corrected chi connectivity index (χ0v) is 12.3. The molecule has 4 nitrogen and oxygen atoms in total. The molecule has 0 aliphatic carbocycles. The number of halogens is 1. The summed E-state index contributed by atoms with van der Waals surface area (Å²) in [6.45, 7) is 0.658. The van der Waals surface area contributed by atoms with Gasteiger partial charge in [0, 0.05) is 36.9 Å². The molecule has 0 aliphatic rings. The molecule has 1 rings (SSSR count). The third-order valence-electron chi connectivity index (χ3n) is 2.19. The van der Waals surface area contributed by atoms with Crippen LogP contribution in [0, 0.1) is 0 Å². The number of hydrazone groups is 1. The quantitative estimate of drug-likeness (QED) is 0.498. The van der Waals surface area contributed by atoms with E-state index < -0.39 is 0 Å². The van der Waals surface area contributed by atoms with Crippen LogP contribution in [0.15, 0.2) is 33.8 Å². The highest BCUT2D eigenvalue weighted by Crippen LogP contribution is 2.11. The largest absolute Gasteiger partial charge is 0.352 e. The first kappa shape index (κ1) is 14.7. The number of hydrogen-bond donors (Lipinski definition) is 1. The minimum Gasteiger partial charge on any atom is -0.352 e. The van der Waals surface area contributed by atoms with Crippen LogP contribution in [0.2, 0.25) is 0 Å². The van der Waals surface area contributed by atoms with E-state index in [0.717, 1.165) is 17.3 Å². The van der Waals surface area contributed by atoms with Crippen LogP contribution in [0.1, 0.15) is 23.2 Å². The lowest BCUT2D eigenvalue weighted by Gasteiger charge is -2.05. The van der Waals surface area contributed by atoms with Gasteiger partial charge in [0.25, 0.3) is 5.91 Å². The van der Waals surface area contributed by atoms with Crippen molar-refractivity contribution in [3.05, 3.63) is 34.3 Å². The molecule has 0 radical (unpaired) electrons. The molecule has 0 aromatic heterocycles. The molecule has 0 spiro atoms. The van der Waals surface area contributed by atoms with Crippen LogP contribution < -0.4 is 5.32 Å². The zero-order chi connectivity index (χ0) is 13.4. The molecule has 0 saturated carbocycles. The van der Waals surface area contributed by atoms with Crippen molar-refractivity contribution in [2.24, 2.45) is 5.10 Å². The second-order valence-electron chi connectivity index (χ2n) is 4.05. The Morgan fingerprint density at radius 1 is 1.50 bits per heavy atom. The minimum absolute atomic E-state index is 0.0409. The fourth-order valence-electron chi connectivity index (χ4n) is 1.35. The number of amides is 1. The van der Waals surface area contributed by atoms with E-state index in [2.05, 4.69) is 26.3 Å². The van der Waals surface area contributed by atoms with Gasteiger partial charge in [0.05, 0.1) is 0 Å². The summed E-state index contributed by atoms with van der Waals surface area (Å²) in [5.74, 6) is -0.0409. The fraction of sp³-hybridized carbons (Fsp3) is 0.385. The van der Waals surface area contributed by atoms with Gasteiger partial charge in [0.2, 0.25) is 0 Å². The summed E-state index contributed by atoms with van der Waals surface area (Å²) < 4.78 is 0.910. The number of nitrogens with one attached hydrogen (secondary N) is 1. The van der Waals surface area contributed by atoms with Crippen molar-refractivity contribution in [1.82, 2.24) is 10.3 Å². The van der Waals surface area contributed by atoms with Crippen LogP contribution in [0.25, 0.3) is 0 Å². The summed E-state index contributed by atoms with van der Waals surface area (Å²) in [6, 6.07) is 7.35. The Morgan fingerprint density at radius 2 is 2.28 bits per heavy atom. The summed E-state index contributed by atoms with van der Waals surface area (Å²) in [4.78, 5) is 11.8. The first-order valence-corrected chi connectivity index (χ1v) is 6.62. The molecule has 0 aliphatic heterocycles. The maximum atomic E-state index is 11.8. The summed E-state index contributed by atoms with van der Waals surface area (Å²) in [5.41, 5.74) is 0.673. The van der Waals surface area contributed by atoms with Crippen LogP contribution in [0.3, 0.4) is 0 Å². The maximum absolute atomic E-state index is 11.8. The zero-order valence-electron chi connectivity index (χ0n) is 10.7. The lowest BCUT2D eigenvalue weighted by Crippen LogP contribution is -2.24. The second-order valence-corrected chi connectivity index (χ2v) is 4.97. The van der Waals surface area contributed by atoms with Crippen LogP contribution in [-0.4, -0.2) is 37.8 Å². The summed E-state index contributed by atoms with van der Waals surface area (Å²) in [6.07, 6.45) is 3.60. The van der Waals surface area contributed by atoms with E-state index in [4.69, 9.17) is 0 Å². The minimum atomic E-state index is -0.0409. The molecule has 1 aromatic rings. The Kier molecular flexibility index (Phi) is 6.43. The van der Waals surface area contributed by atoms with E-state index in [0.29, 0.717) is 12.1 Å². The van der Waals surface area contributed by atoms with Gasteiger partial charge in [-0.2, -0.15) is 5.10 Å². The number of hydrogen-bond acceptors (Lipinski definition) is 3. The lowest BCUT2D eigenvalue weighted by atomic mass is 10.2. The normalized spacial score (nSPS) is 10.6. The summed E-state index contributed by atoms with van der Waals surface area (Å²) >= 11 is 3.34. The van der Waals surface area contributed by atoms with Gasteiger partial charge in [-0.05, 0) is 31.0 Å². The van der Waals surface area contributed by atoms with Gasteiger partial charge in [-0.3, -0.25) is 4.79 Å². The molecule has 0 fully saturated rings. The number of carbonyl (C=O) groups excluding carboxylic acids is 1. The molecule has 98 valence electrons. The Hall–Kier alpha value is -1.36. The van der Waals surface area contributed by atoms with Crippen LogP contribution in [0.4, 0.5) is 0 Å². The van der Waals surface area contributed by atoms with E-state index in [1.807, 2.05) is 38.5 Å². The van der Waals surface area contributed by atoms with Crippen molar-refractivity contribution in [3.8, 4) is 0 Å². The van der Waals surface area contributed by atoms with Crippen LogP contribution in [0.5, 0.6) is 0 Å². The predicted octanol–water partition coefficient (Wildman–Crippen LogP) is 2.51. The van der Waals surface area contributed by atoms with Crippen molar-refractivity contribution in [2.75, 3.05) is 20.6 Å². The highest BCUT2D eigenvalue weighted by atomic mass is 79.9. The van der Waals surface area contributed by atoms with Gasteiger partial charge in [-0.25, -0.2) is 0 Å². The predicted molar refractivity (Wildman–Crippen MR) is 77.9 cm³/mol. The third kappa shape index (κ3) is 5.82. The van der Waals surface area contributed by atoms with E-state index in [-0.39, 0.29) is 5.91 Å². The topological polar surface area (TPSA) is 44.7 Å². The summed E-state index contributed by atoms with van der Waals surface area (Å²) in [5, 5.41) is 8.73. The first-order valence-electron chi connectivity index (χ1n) is 5.83. The number of carbonyl (C=O) groups is 1. The molecule has 18 heavy (non-hydrogen) atoms. The Balaban J connectivity index is 2.26. The van der Waals surface area contributed by atoms with Crippen molar-refractivity contribution in [2.45, 2.75) is 12.8 Å². The Morgan fingerprint density at radius 3 is 2.94 bits per heavy atom. The van der Waals surface area contributed by atoms with E-state index in [1.165, 1.54) is 0 Å². The average molecular weight is 312 g/mol. The number of nitrogens with zero attached hydrogens (tertiary/aromatic N) is 2. The highest BCUT2D eigenvalue weighted by molar-refractivity contribution is 9.10. The average Bonchev–Trinajstić information content (AvgIpc) is 2.33. The fourth-order valence-corrected chi connectivity index (χ4v) is 1.75. The van der Waals surface area contributed by atoms with E-state index >= 15 is 0 Å². The Bertz CT molecular complexity index is 418. The second kappa shape index (κ2) is 7.87. The molecule has 1 amide bonds.